The third-order valence-electron chi connectivity index (χ3n) is 4.98. The summed E-state index contributed by atoms with van der Waals surface area (Å²) in [6.07, 6.45) is 0.792. The zero-order chi connectivity index (χ0) is 19.1. The van der Waals surface area contributed by atoms with Gasteiger partial charge >= 0.3 is 5.97 Å². The number of cyclic esters (lactones) is 1. The molecule has 0 aliphatic carbocycles. The van der Waals surface area contributed by atoms with Crippen molar-refractivity contribution in [2.75, 3.05) is 6.61 Å². The Hall–Kier alpha value is -2.63. The molecule has 0 spiro atoms. The van der Waals surface area contributed by atoms with Crippen LogP contribution in [0, 0.1) is 11.7 Å². The van der Waals surface area contributed by atoms with E-state index in [0.29, 0.717) is 22.7 Å². The van der Waals surface area contributed by atoms with E-state index >= 15 is 0 Å². The summed E-state index contributed by atoms with van der Waals surface area (Å²) in [5.41, 5.74) is 2.20. The van der Waals surface area contributed by atoms with Crippen molar-refractivity contribution < 1.29 is 19.0 Å². The van der Waals surface area contributed by atoms with Crippen molar-refractivity contribution in [3.63, 3.8) is 0 Å². The lowest BCUT2D eigenvalue weighted by Gasteiger charge is -2.15. The molecule has 1 saturated heterocycles. The maximum atomic E-state index is 14.1. The molecule has 1 aliphatic rings. The monoisotopic (exact) mass is 385 g/mol. The molecule has 2 aromatic carbocycles. The van der Waals surface area contributed by atoms with Gasteiger partial charge in [0.1, 0.15) is 12.4 Å². The third kappa shape index (κ3) is 3.13. The van der Waals surface area contributed by atoms with Gasteiger partial charge in [0.2, 0.25) is 0 Å². The van der Waals surface area contributed by atoms with Crippen LogP contribution in [0.3, 0.4) is 0 Å². The number of halogens is 2. The first-order chi connectivity index (χ1) is 13.0. The van der Waals surface area contributed by atoms with E-state index in [0.717, 1.165) is 10.9 Å². The SMILES string of the molecule is C=C1C(=O)OCC1C(O)c1cn(Cc2ccccc2F)c2ccc(Cl)cc12. The molecule has 6 heteroatoms. The van der Waals surface area contributed by atoms with E-state index in [1.165, 1.54) is 6.07 Å². The minimum absolute atomic E-state index is 0.0827. The first kappa shape index (κ1) is 17.8. The molecule has 1 N–H and O–H groups in total. The van der Waals surface area contributed by atoms with Crippen molar-refractivity contribution in [1.82, 2.24) is 4.57 Å². The van der Waals surface area contributed by atoms with E-state index in [-0.39, 0.29) is 18.0 Å². The minimum atomic E-state index is -0.980. The number of aromatic nitrogens is 1. The Bertz CT molecular complexity index is 1060. The number of fused-ring (bicyclic) bond motifs is 1. The van der Waals surface area contributed by atoms with Gasteiger partial charge in [-0.05, 0) is 24.3 Å². The molecule has 1 aliphatic heterocycles. The number of rotatable bonds is 4. The number of nitrogens with zero attached hydrogens (tertiary/aromatic N) is 1. The standard InChI is InChI=1S/C21H17ClFNO3/c1-12-17(11-27-21(12)26)20(25)16-10-24(9-13-4-2-3-5-18(13)23)19-7-6-14(22)8-15(16)19/h2-8,10,17,20,25H,1,9,11H2. The lowest BCUT2D eigenvalue weighted by molar-refractivity contribution is -0.135. The fraction of sp³-hybridized carbons (Fsp3) is 0.190. The van der Waals surface area contributed by atoms with Crippen molar-refractivity contribution in [1.29, 1.82) is 0 Å². The van der Waals surface area contributed by atoms with Gasteiger partial charge in [0.05, 0.1) is 18.6 Å². The average molecular weight is 386 g/mol. The summed E-state index contributed by atoms with van der Waals surface area (Å²) in [4.78, 5) is 11.6. The fourth-order valence-electron chi connectivity index (χ4n) is 3.48. The van der Waals surface area contributed by atoms with Gasteiger partial charge in [-0.2, -0.15) is 0 Å². The van der Waals surface area contributed by atoms with Crippen LogP contribution >= 0.6 is 11.6 Å². The number of hydrogen-bond acceptors (Lipinski definition) is 3. The Labute approximate surface area is 160 Å². The zero-order valence-electron chi connectivity index (χ0n) is 14.4. The molecule has 0 amide bonds. The van der Waals surface area contributed by atoms with Crippen molar-refractivity contribution in [3.05, 3.63) is 82.8 Å². The van der Waals surface area contributed by atoms with Crippen LogP contribution in [0.1, 0.15) is 17.2 Å². The highest BCUT2D eigenvalue weighted by Gasteiger charge is 2.36. The van der Waals surface area contributed by atoms with Crippen LogP contribution in [0.4, 0.5) is 4.39 Å². The van der Waals surface area contributed by atoms with Gasteiger partial charge in [-0.1, -0.05) is 36.4 Å². The summed E-state index contributed by atoms with van der Waals surface area (Å²) in [5, 5.41) is 12.2. The molecule has 2 atom stereocenters. The summed E-state index contributed by atoms with van der Waals surface area (Å²) in [5.74, 6) is -1.31. The van der Waals surface area contributed by atoms with Crippen molar-refractivity contribution in [2.24, 2.45) is 5.92 Å². The molecule has 138 valence electrons. The summed E-state index contributed by atoms with van der Waals surface area (Å²) in [7, 11) is 0. The van der Waals surface area contributed by atoms with Crippen LogP contribution < -0.4 is 0 Å². The number of aliphatic hydroxyl groups excluding tert-OH is 1. The average Bonchev–Trinajstić information content (AvgIpc) is 3.17. The number of hydrogen-bond donors (Lipinski definition) is 1. The summed E-state index contributed by atoms with van der Waals surface area (Å²) < 4.78 is 21.0. The highest BCUT2D eigenvalue weighted by Crippen LogP contribution is 2.37. The van der Waals surface area contributed by atoms with Gasteiger partial charge in [-0.15, -0.1) is 0 Å². The number of benzene rings is 2. The van der Waals surface area contributed by atoms with E-state index in [9.17, 15) is 14.3 Å². The molecule has 4 nitrogen and oxygen atoms in total. The van der Waals surface area contributed by atoms with E-state index in [1.54, 1.807) is 36.5 Å². The molecule has 1 aromatic heterocycles. The Kier molecular flexibility index (Phi) is 4.50. The Morgan fingerprint density at radius 1 is 1.33 bits per heavy atom. The number of aliphatic hydroxyl groups is 1. The van der Waals surface area contributed by atoms with Gasteiger partial charge in [-0.3, -0.25) is 0 Å². The van der Waals surface area contributed by atoms with Crippen LogP contribution in [-0.2, 0) is 16.1 Å². The summed E-state index contributed by atoms with van der Waals surface area (Å²) in [6.45, 7) is 4.12. The Morgan fingerprint density at radius 3 is 2.81 bits per heavy atom. The minimum Gasteiger partial charge on any atom is -0.462 e. The van der Waals surface area contributed by atoms with E-state index < -0.39 is 18.0 Å². The molecular formula is C21H17ClFNO3. The van der Waals surface area contributed by atoms with Crippen LogP contribution in [-0.4, -0.2) is 22.2 Å². The predicted octanol–water partition coefficient (Wildman–Crippen LogP) is 4.24. The first-order valence-corrected chi connectivity index (χ1v) is 8.89. The van der Waals surface area contributed by atoms with Gasteiger partial charge in [0.25, 0.3) is 0 Å². The molecule has 3 aromatic rings. The second-order valence-corrected chi connectivity index (χ2v) is 7.08. The van der Waals surface area contributed by atoms with Gasteiger partial charge in [0.15, 0.2) is 0 Å². The van der Waals surface area contributed by atoms with E-state index in [1.807, 2.05) is 10.6 Å². The highest BCUT2D eigenvalue weighted by molar-refractivity contribution is 6.31. The largest absolute Gasteiger partial charge is 0.462 e. The Morgan fingerprint density at radius 2 is 2.11 bits per heavy atom. The Balaban J connectivity index is 1.79. The molecular weight excluding hydrogens is 369 g/mol. The molecule has 27 heavy (non-hydrogen) atoms. The molecule has 2 heterocycles. The number of ether oxygens (including phenoxy) is 1. The first-order valence-electron chi connectivity index (χ1n) is 8.51. The fourth-order valence-corrected chi connectivity index (χ4v) is 3.65. The topological polar surface area (TPSA) is 51.5 Å². The molecule has 0 saturated carbocycles. The number of carbonyl (C=O) groups excluding carboxylic acids is 1. The molecule has 0 bridgehead atoms. The van der Waals surface area contributed by atoms with Gasteiger partial charge in [-0.25, -0.2) is 9.18 Å². The van der Waals surface area contributed by atoms with E-state index in [2.05, 4.69) is 6.58 Å². The molecule has 0 radical (unpaired) electrons. The van der Waals surface area contributed by atoms with E-state index in [4.69, 9.17) is 16.3 Å². The smallest absolute Gasteiger partial charge is 0.333 e. The van der Waals surface area contributed by atoms with Crippen LogP contribution in [0.5, 0.6) is 0 Å². The number of carbonyl (C=O) groups is 1. The third-order valence-corrected chi connectivity index (χ3v) is 5.21. The second kappa shape index (κ2) is 6.83. The summed E-state index contributed by atoms with van der Waals surface area (Å²) >= 11 is 6.15. The maximum Gasteiger partial charge on any atom is 0.333 e. The molecule has 2 unspecified atom stereocenters. The van der Waals surface area contributed by atoms with Gasteiger partial charge < -0.3 is 14.4 Å². The van der Waals surface area contributed by atoms with Gasteiger partial charge in [0, 0.05) is 38.8 Å². The predicted molar refractivity (Wildman–Crippen MR) is 101 cm³/mol. The zero-order valence-corrected chi connectivity index (χ0v) is 15.1. The van der Waals surface area contributed by atoms with Crippen molar-refractivity contribution in [2.45, 2.75) is 12.6 Å². The van der Waals surface area contributed by atoms with Crippen molar-refractivity contribution in [3.8, 4) is 0 Å². The second-order valence-electron chi connectivity index (χ2n) is 6.64. The number of esters is 1. The van der Waals surface area contributed by atoms with Crippen LogP contribution in [0.25, 0.3) is 10.9 Å². The lowest BCUT2D eigenvalue weighted by atomic mass is 9.92. The van der Waals surface area contributed by atoms with Crippen molar-refractivity contribution >= 4 is 28.5 Å². The lowest BCUT2D eigenvalue weighted by Crippen LogP contribution is -2.14. The van der Waals surface area contributed by atoms with Crippen LogP contribution in [0.2, 0.25) is 5.02 Å². The van der Waals surface area contributed by atoms with Crippen LogP contribution in [0.15, 0.2) is 60.8 Å². The molecule has 1 fully saturated rings. The molecule has 4 rings (SSSR count). The quantitative estimate of drug-likeness (QED) is 0.539. The summed E-state index contributed by atoms with van der Waals surface area (Å²) in [6, 6.07) is 11.9. The normalized spacial score (nSPS) is 18.1. The maximum absolute atomic E-state index is 14.1. The highest BCUT2D eigenvalue weighted by atomic mass is 35.5.